The van der Waals surface area contributed by atoms with Gasteiger partial charge in [0.2, 0.25) is 0 Å². The van der Waals surface area contributed by atoms with Crippen LogP contribution in [0.3, 0.4) is 0 Å². The van der Waals surface area contributed by atoms with E-state index < -0.39 is 0 Å². The highest BCUT2D eigenvalue weighted by atomic mass is 79.9. The normalized spacial score (nSPS) is 14.4. The van der Waals surface area contributed by atoms with Crippen LogP contribution in [0.4, 0.5) is 5.69 Å². The van der Waals surface area contributed by atoms with E-state index in [0.29, 0.717) is 17.0 Å². The maximum atomic E-state index is 12.6. The van der Waals surface area contributed by atoms with E-state index in [9.17, 15) is 9.59 Å². The zero-order valence-corrected chi connectivity index (χ0v) is 16.6. The van der Waals surface area contributed by atoms with Gasteiger partial charge in [-0.05, 0) is 49.2 Å². The molecule has 27 heavy (non-hydrogen) atoms. The van der Waals surface area contributed by atoms with Crippen molar-refractivity contribution >= 4 is 33.4 Å². The zero-order valence-electron chi connectivity index (χ0n) is 15.0. The quantitative estimate of drug-likeness (QED) is 0.707. The van der Waals surface area contributed by atoms with E-state index in [4.69, 9.17) is 4.74 Å². The Balaban J connectivity index is 1.57. The van der Waals surface area contributed by atoms with Crippen molar-refractivity contribution in [2.24, 2.45) is 0 Å². The lowest BCUT2D eigenvalue weighted by atomic mass is 9.95. The van der Waals surface area contributed by atoms with Gasteiger partial charge in [-0.1, -0.05) is 47.3 Å². The van der Waals surface area contributed by atoms with E-state index in [1.165, 1.54) is 6.42 Å². The summed E-state index contributed by atoms with van der Waals surface area (Å²) >= 11 is 3.35. The number of para-hydroxylation sites is 1. The van der Waals surface area contributed by atoms with E-state index in [1.807, 2.05) is 12.1 Å². The summed E-state index contributed by atoms with van der Waals surface area (Å²) in [6, 6.07) is 14.5. The summed E-state index contributed by atoms with van der Waals surface area (Å²) < 4.78 is 6.56. The van der Waals surface area contributed by atoms with Crippen LogP contribution in [0.2, 0.25) is 0 Å². The molecule has 1 aliphatic carbocycles. The lowest BCUT2D eigenvalue weighted by molar-refractivity contribution is -0.118. The second kappa shape index (κ2) is 9.55. The summed E-state index contributed by atoms with van der Waals surface area (Å²) in [7, 11) is 0. The second-order valence-corrected chi connectivity index (χ2v) is 7.56. The van der Waals surface area contributed by atoms with E-state index in [2.05, 4.69) is 26.6 Å². The number of anilines is 1. The zero-order chi connectivity index (χ0) is 19.1. The lowest BCUT2D eigenvalue weighted by Crippen LogP contribution is -2.36. The molecule has 1 fully saturated rings. The summed E-state index contributed by atoms with van der Waals surface area (Å²) in [5.41, 5.74) is 1.15. The van der Waals surface area contributed by atoms with Gasteiger partial charge in [-0.15, -0.1) is 0 Å². The number of halogens is 1. The Morgan fingerprint density at radius 2 is 1.70 bits per heavy atom. The van der Waals surface area contributed by atoms with Crippen molar-refractivity contribution in [2.45, 2.75) is 38.1 Å². The first kappa shape index (κ1) is 19.4. The highest BCUT2D eigenvalue weighted by Gasteiger charge is 2.19. The number of amides is 2. The molecule has 0 aliphatic heterocycles. The van der Waals surface area contributed by atoms with Crippen LogP contribution in [0.5, 0.6) is 5.75 Å². The van der Waals surface area contributed by atoms with Crippen LogP contribution in [-0.2, 0) is 4.79 Å². The van der Waals surface area contributed by atoms with Crippen LogP contribution in [0.15, 0.2) is 53.0 Å². The van der Waals surface area contributed by atoms with Gasteiger partial charge in [0.05, 0.1) is 5.56 Å². The molecule has 5 nitrogen and oxygen atoms in total. The molecule has 1 saturated carbocycles. The maximum absolute atomic E-state index is 12.6. The molecule has 0 heterocycles. The molecule has 0 atom stereocenters. The smallest absolute Gasteiger partial charge is 0.262 e. The van der Waals surface area contributed by atoms with Crippen molar-refractivity contribution < 1.29 is 14.3 Å². The fourth-order valence-corrected chi connectivity index (χ4v) is 3.43. The van der Waals surface area contributed by atoms with Gasteiger partial charge in [-0.25, -0.2) is 0 Å². The molecule has 2 amide bonds. The topological polar surface area (TPSA) is 67.4 Å². The highest BCUT2D eigenvalue weighted by molar-refractivity contribution is 9.10. The molecule has 0 spiro atoms. The number of nitrogens with one attached hydrogen (secondary N) is 2. The van der Waals surface area contributed by atoms with Gasteiger partial charge in [0.25, 0.3) is 11.8 Å². The van der Waals surface area contributed by atoms with Crippen LogP contribution in [0, 0.1) is 0 Å². The fourth-order valence-electron chi connectivity index (χ4n) is 3.16. The van der Waals surface area contributed by atoms with Crippen molar-refractivity contribution in [1.82, 2.24) is 5.32 Å². The second-order valence-electron chi connectivity index (χ2n) is 6.65. The molecule has 2 aromatic carbocycles. The molecule has 0 radical (unpaired) electrons. The molecule has 0 bridgehead atoms. The van der Waals surface area contributed by atoms with Crippen molar-refractivity contribution in [3.63, 3.8) is 0 Å². The lowest BCUT2D eigenvalue weighted by Gasteiger charge is -2.23. The summed E-state index contributed by atoms with van der Waals surface area (Å²) in [6.07, 6.45) is 5.58. The Hall–Kier alpha value is -2.34. The van der Waals surface area contributed by atoms with E-state index in [-0.39, 0.29) is 24.5 Å². The molecular weight excluding hydrogens is 408 g/mol. The molecule has 142 valence electrons. The number of benzene rings is 2. The molecule has 3 rings (SSSR count). The van der Waals surface area contributed by atoms with Crippen molar-refractivity contribution in [2.75, 3.05) is 11.9 Å². The van der Waals surface area contributed by atoms with Gasteiger partial charge < -0.3 is 15.4 Å². The first-order chi connectivity index (χ1) is 13.1. The Kier molecular flexibility index (Phi) is 6.87. The minimum atomic E-state index is -0.278. The van der Waals surface area contributed by atoms with Crippen molar-refractivity contribution in [3.05, 3.63) is 58.6 Å². The number of hydrogen-bond acceptors (Lipinski definition) is 3. The first-order valence-corrected chi connectivity index (χ1v) is 9.99. The number of ether oxygens (including phenoxy) is 1. The average Bonchev–Trinajstić information content (AvgIpc) is 2.69. The van der Waals surface area contributed by atoms with E-state index in [0.717, 1.165) is 30.2 Å². The monoisotopic (exact) mass is 430 g/mol. The first-order valence-electron chi connectivity index (χ1n) is 9.20. The number of carbonyl (C=O) groups excluding carboxylic acids is 2. The predicted molar refractivity (Wildman–Crippen MR) is 109 cm³/mol. The van der Waals surface area contributed by atoms with E-state index in [1.54, 1.807) is 36.4 Å². The van der Waals surface area contributed by atoms with Crippen LogP contribution in [-0.4, -0.2) is 24.5 Å². The summed E-state index contributed by atoms with van der Waals surface area (Å²) in [6.45, 7) is -0.163. The third kappa shape index (κ3) is 5.82. The SMILES string of the molecule is O=C(COc1ccccc1C(=O)NC1CCCCC1)Nc1ccc(Br)cc1. The Morgan fingerprint density at radius 1 is 1.00 bits per heavy atom. The summed E-state index contributed by atoms with van der Waals surface area (Å²) in [4.78, 5) is 24.7. The largest absolute Gasteiger partial charge is 0.483 e. The number of carbonyl (C=O) groups is 2. The third-order valence-corrected chi connectivity index (χ3v) is 5.09. The van der Waals surface area contributed by atoms with Gasteiger partial charge in [-0.3, -0.25) is 9.59 Å². The molecule has 0 saturated heterocycles. The minimum absolute atomic E-state index is 0.147. The van der Waals surface area contributed by atoms with Gasteiger partial charge in [0, 0.05) is 16.2 Å². The molecule has 6 heteroatoms. The van der Waals surface area contributed by atoms with Crippen LogP contribution in [0.25, 0.3) is 0 Å². The minimum Gasteiger partial charge on any atom is -0.483 e. The predicted octanol–water partition coefficient (Wildman–Crippen LogP) is 4.53. The Morgan fingerprint density at radius 3 is 2.44 bits per heavy atom. The molecule has 2 aromatic rings. The third-order valence-electron chi connectivity index (χ3n) is 4.56. The molecule has 1 aliphatic rings. The van der Waals surface area contributed by atoms with Gasteiger partial charge >= 0.3 is 0 Å². The summed E-state index contributed by atoms with van der Waals surface area (Å²) in [5, 5.41) is 5.85. The van der Waals surface area contributed by atoms with Gasteiger partial charge in [0.1, 0.15) is 5.75 Å². The van der Waals surface area contributed by atoms with Gasteiger partial charge in [0.15, 0.2) is 6.61 Å². The fraction of sp³-hybridized carbons (Fsp3) is 0.333. The van der Waals surface area contributed by atoms with Crippen LogP contribution in [0.1, 0.15) is 42.5 Å². The Labute approximate surface area is 167 Å². The maximum Gasteiger partial charge on any atom is 0.262 e. The van der Waals surface area contributed by atoms with E-state index >= 15 is 0 Å². The number of rotatable bonds is 6. The van der Waals surface area contributed by atoms with Crippen molar-refractivity contribution in [3.8, 4) is 5.75 Å². The number of hydrogen-bond donors (Lipinski definition) is 2. The highest BCUT2D eigenvalue weighted by Crippen LogP contribution is 2.21. The van der Waals surface area contributed by atoms with Crippen LogP contribution >= 0.6 is 15.9 Å². The Bertz CT molecular complexity index is 786. The molecule has 0 aromatic heterocycles. The average molecular weight is 431 g/mol. The van der Waals surface area contributed by atoms with Gasteiger partial charge in [-0.2, -0.15) is 0 Å². The van der Waals surface area contributed by atoms with Crippen molar-refractivity contribution in [1.29, 1.82) is 0 Å². The molecule has 2 N–H and O–H groups in total. The standard InChI is InChI=1S/C21H23BrN2O3/c22-15-10-12-17(13-11-15)23-20(25)14-27-19-9-5-4-8-18(19)21(26)24-16-6-2-1-3-7-16/h4-5,8-13,16H,1-3,6-7,14H2,(H,23,25)(H,24,26). The molecule has 0 unspecified atom stereocenters. The molecular formula is C21H23BrN2O3. The summed E-state index contributed by atoms with van der Waals surface area (Å²) in [5.74, 6) is -0.0117. The van der Waals surface area contributed by atoms with Crippen LogP contribution < -0.4 is 15.4 Å².